The maximum absolute atomic E-state index is 12.4. The van der Waals surface area contributed by atoms with E-state index in [2.05, 4.69) is 19.2 Å². The average Bonchev–Trinajstić information content (AvgIpc) is 2.27. The third kappa shape index (κ3) is 4.69. The first-order chi connectivity index (χ1) is 8.30. The summed E-state index contributed by atoms with van der Waals surface area (Å²) in [6, 6.07) is 5.41. The van der Waals surface area contributed by atoms with Crippen LogP contribution < -0.4 is 5.32 Å². The molecular formula is C14H20F3N. The highest BCUT2D eigenvalue weighted by molar-refractivity contribution is 5.26. The second-order valence-electron chi connectivity index (χ2n) is 5.07. The monoisotopic (exact) mass is 259 g/mol. The summed E-state index contributed by atoms with van der Waals surface area (Å²) < 4.78 is 37.2. The molecule has 0 fully saturated rings. The molecule has 0 aliphatic rings. The van der Waals surface area contributed by atoms with Crippen molar-refractivity contribution in [3.63, 3.8) is 0 Å². The Bertz CT molecular complexity index is 354. The fraction of sp³-hybridized carbons (Fsp3) is 0.571. The van der Waals surface area contributed by atoms with Crippen molar-refractivity contribution in [1.29, 1.82) is 0 Å². The molecule has 0 saturated carbocycles. The van der Waals surface area contributed by atoms with Gasteiger partial charge < -0.3 is 5.32 Å². The van der Waals surface area contributed by atoms with Crippen molar-refractivity contribution in [2.75, 3.05) is 13.1 Å². The van der Waals surface area contributed by atoms with E-state index in [0.717, 1.165) is 30.8 Å². The van der Waals surface area contributed by atoms with Crippen molar-refractivity contribution < 1.29 is 13.2 Å². The SMILES string of the molecule is CC(C)CNCC(C)c1ccc(C(F)(F)F)cc1. The van der Waals surface area contributed by atoms with Crippen molar-refractivity contribution in [1.82, 2.24) is 5.32 Å². The molecule has 0 radical (unpaired) electrons. The second-order valence-corrected chi connectivity index (χ2v) is 5.07. The fourth-order valence-electron chi connectivity index (χ4n) is 1.71. The van der Waals surface area contributed by atoms with E-state index in [-0.39, 0.29) is 5.92 Å². The van der Waals surface area contributed by atoms with E-state index in [0.29, 0.717) is 5.92 Å². The minimum absolute atomic E-state index is 0.214. The predicted octanol–water partition coefficient (Wildman–Crippen LogP) is 4.05. The molecule has 0 aliphatic carbocycles. The number of hydrogen-bond donors (Lipinski definition) is 1. The van der Waals surface area contributed by atoms with Gasteiger partial charge in [0.1, 0.15) is 0 Å². The zero-order chi connectivity index (χ0) is 13.8. The van der Waals surface area contributed by atoms with Gasteiger partial charge >= 0.3 is 6.18 Å². The summed E-state index contributed by atoms with van der Waals surface area (Å²) in [5.74, 6) is 0.788. The van der Waals surface area contributed by atoms with Gasteiger partial charge in [0, 0.05) is 6.54 Å². The lowest BCUT2D eigenvalue weighted by atomic mass is 9.99. The van der Waals surface area contributed by atoms with Crippen LogP contribution in [0.4, 0.5) is 13.2 Å². The van der Waals surface area contributed by atoms with E-state index >= 15 is 0 Å². The van der Waals surface area contributed by atoms with Crippen LogP contribution in [0.3, 0.4) is 0 Å². The molecule has 102 valence electrons. The van der Waals surface area contributed by atoms with E-state index in [9.17, 15) is 13.2 Å². The highest BCUT2D eigenvalue weighted by Crippen LogP contribution is 2.30. The first-order valence-electron chi connectivity index (χ1n) is 6.18. The van der Waals surface area contributed by atoms with Gasteiger partial charge in [-0.2, -0.15) is 13.2 Å². The van der Waals surface area contributed by atoms with E-state index in [1.165, 1.54) is 0 Å². The summed E-state index contributed by atoms with van der Waals surface area (Å²) in [7, 11) is 0. The highest BCUT2D eigenvalue weighted by atomic mass is 19.4. The van der Waals surface area contributed by atoms with Crippen LogP contribution >= 0.6 is 0 Å². The van der Waals surface area contributed by atoms with Crippen LogP contribution in [0.2, 0.25) is 0 Å². The number of rotatable bonds is 5. The van der Waals surface area contributed by atoms with E-state index < -0.39 is 11.7 Å². The predicted molar refractivity (Wildman–Crippen MR) is 67.6 cm³/mol. The molecule has 1 aromatic rings. The summed E-state index contributed by atoms with van der Waals surface area (Å²) in [5.41, 5.74) is 0.341. The Hall–Kier alpha value is -1.03. The zero-order valence-corrected chi connectivity index (χ0v) is 11.0. The highest BCUT2D eigenvalue weighted by Gasteiger charge is 2.30. The van der Waals surface area contributed by atoms with Crippen molar-refractivity contribution in [3.8, 4) is 0 Å². The lowest BCUT2D eigenvalue weighted by Crippen LogP contribution is -2.24. The Balaban J connectivity index is 2.56. The Morgan fingerprint density at radius 1 is 1.00 bits per heavy atom. The van der Waals surface area contributed by atoms with Gasteiger partial charge in [0.25, 0.3) is 0 Å². The van der Waals surface area contributed by atoms with Crippen molar-refractivity contribution in [2.24, 2.45) is 5.92 Å². The van der Waals surface area contributed by atoms with Gasteiger partial charge in [0.05, 0.1) is 5.56 Å². The maximum atomic E-state index is 12.4. The lowest BCUT2D eigenvalue weighted by Gasteiger charge is -2.15. The van der Waals surface area contributed by atoms with Crippen molar-refractivity contribution in [3.05, 3.63) is 35.4 Å². The molecule has 0 bridgehead atoms. The van der Waals surface area contributed by atoms with Gasteiger partial charge in [-0.1, -0.05) is 32.9 Å². The average molecular weight is 259 g/mol. The Labute approximate surface area is 106 Å². The molecule has 0 saturated heterocycles. The molecule has 0 aromatic heterocycles. The molecule has 1 nitrogen and oxygen atoms in total. The zero-order valence-electron chi connectivity index (χ0n) is 11.0. The minimum Gasteiger partial charge on any atom is -0.316 e. The molecule has 1 atom stereocenters. The third-order valence-corrected chi connectivity index (χ3v) is 2.81. The Morgan fingerprint density at radius 3 is 2.00 bits per heavy atom. The summed E-state index contributed by atoms with van der Waals surface area (Å²) in [6.45, 7) is 7.95. The van der Waals surface area contributed by atoms with Gasteiger partial charge in [0.15, 0.2) is 0 Å². The Morgan fingerprint density at radius 2 is 1.56 bits per heavy atom. The van der Waals surface area contributed by atoms with Crippen LogP contribution in [-0.4, -0.2) is 13.1 Å². The summed E-state index contributed by atoms with van der Waals surface area (Å²) in [5, 5.41) is 3.31. The van der Waals surface area contributed by atoms with Crippen LogP contribution in [0.25, 0.3) is 0 Å². The van der Waals surface area contributed by atoms with Crippen LogP contribution in [0.1, 0.15) is 37.8 Å². The van der Waals surface area contributed by atoms with Crippen LogP contribution in [0, 0.1) is 5.92 Å². The first kappa shape index (κ1) is 15.0. The van der Waals surface area contributed by atoms with E-state index in [1.54, 1.807) is 12.1 Å². The molecule has 1 unspecified atom stereocenters. The molecule has 0 spiro atoms. The van der Waals surface area contributed by atoms with Gasteiger partial charge in [-0.05, 0) is 36.1 Å². The molecule has 1 rings (SSSR count). The molecule has 1 aromatic carbocycles. The van der Waals surface area contributed by atoms with Crippen molar-refractivity contribution in [2.45, 2.75) is 32.9 Å². The summed E-state index contributed by atoms with van der Waals surface area (Å²) in [4.78, 5) is 0. The van der Waals surface area contributed by atoms with Crippen molar-refractivity contribution >= 4 is 0 Å². The molecule has 18 heavy (non-hydrogen) atoms. The lowest BCUT2D eigenvalue weighted by molar-refractivity contribution is -0.137. The molecular weight excluding hydrogens is 239 g/mol. The standard InChI is InChI=1S/C14H20F3N/c1-10(2)8-18-9-11(3)12-4-6-13(7-5-12)14(15,16)17/h4-7,10-11,18H,8-9H2,1-3H3. The molecule has 1 N–H and O–H groups in total. The van der Waals surface area contributed by atoms with Gasteiger partial charge in [0.2, 0.25) is 0 Å². The van der Waals surface area contributed by atoms with Crippen LogP contribution in [-0.2, 0) is 6.18 Å². The molecule has 4 heteroatoms. The number of nitrogens with one attached hydrogen (secondary N) is 1. The first-order valence-corrected chi connectivity index (χ1v) is 6.18. The van der Waals surface area contributed by atoms with E-state index in [4.69, 9.17) is 0 Å². The Kier molecular flexibility index (Phi) is 5.20. The number of hydrogen-bond acceptors (Lipinski definition) is 1. The second kappa shape index (κ2) is 6.23. The molecule has 0 aliphatic heterocycles. The van der Waals surface area contributed by atoms with Crippen LogP contribution in [0.15, 0.2) is 24.3 Å². The summed E-state index contributed by atoms with van der Waals surface area (Å²) in [6.07, 6.45) is -4.25. The smallest absolute Gasteiger partial charge is 0.316 e. The largest absolute Gasteiger partial charge is 0.416 e. The number of benzene rings is 1. The summed E-state index contributed by atoms with van der Waals surface area (Å²) >= 11 is 0. The third-order valence-electron chi connectivity index (χ3n) is 2.81. The minimum atomic E-state index is -4.25. The van der Waals surface area contributed by atoms with Gasteiger partial charge in [-0.25, -0.2) is 0 Å². The van der Waals surface area contributed by atoms with Crippen LogP contribution in [0.5, 0.6) is 0 Å². The number of alkyl halides is 3. The topological polar surface area (TPSA) is 12.0 Å². The normalized spacial score (nSPS) is 13.9. The van der Waals surface area contributed by atoms with E-state index in [1.807, 2.05) is 6.92 Å². The van der Waals surface area contributed by atoms with Gasteiger partial charge in [-0.3, -0.25) is 0 Å². The maximum Gasteiger partial charge on any atom is 0.416 e. The molecule has 0 amide bonds. The number of halogens is 3. The molecule has 0 heterocycles. The quantitative estimate of drug-likeness (QED) is 0.841. The fourth-order valence-corrected chi connectivity index (χ4v) is 1.71. The van der Waals surface area contributed by atoms with Gasteiger partial charge in [-0.15, -0.1) is 0 Å².